The molecule has 0 saturated heterocycles. The average molecular weight is 236 g/mol. The van der Waals surface area contributed by atoms with Crippen LogP contribution >= 0.6 is 0 Å². The molecule has 1 rings (SSSR count). The fourth-order valence-electron chi connectivity index (χ4n) is 0.976. The quantitative estimate of drug-likeness (QED) is 0.514. The van der Waals surface area contributed by atoms with Crippen LogP contribution in [0.2, 0.25) is 0 Å². The maximum atomic E-state index is 10.9. The number of nitrogens with one attached hydrogen (secondary N) is 1. The van der Waals surface area contributed by atoms with Gasteiger partial charge >= 0.3 is 5.97 Å². The molecule has 0 saturated carbocycles. The zero-order chi connectivity index (χ0) is 12.8. The largest absolute Gasteiger partial charge is 0.478 e. The first-order valence-corrected chi connectivity index (χ1v) is 4.85. The highest BCUT2D eigenvalue weighted by molar-refractivity contribution is 5.89. The third-order valence-electron chi connectivity index (χ3n) is 1.93. The van der Waals surface area contributed by atoms with E-state index >= 15 is 0 Å². The first-order chi connectivity index (χ1) is 8.00. The Bertz CT molecular complexity index is 437. The lowest BCUT2D eigenvalue weighted by Gasteiger charge is -2.00. The SMILES string of the molecule is C[C@@H](O)C(=O)N/N=C\c1ccc(C(=O)O)cc1. The Labute approximate surface area is 97.6 Å². The molecular formula is C11H12N2O4. The van der Waals surface area contributed by atoms with E-state index < -0.39 is 18.0 Å². The summed E-state index contributed by atoms with van der Waals surface area (Å²) in [5.41, 5.74) is 2.95. The van der Waals surface area contributed by atoms with Gasteiger partial charge in [-0.2, -0.15) is 5.10 Å². The van der Waals surface area contributed by atoms with Crippen LogP contribution in [-0.4, -0.2) is 34.4 Å². The van der Waals surface area contributed by atoms with Crippen LogP contribution in [0.1, 0.15) is 22.8 Å². The van der Waals surface area contributed by atoms with Crippen molar-refractivity contribution in [3.05, 3.63) is 35.4 Å². The zero-order valence-corrected chi connectivity index (χ0v) is 9.12. The molecule has 17 heavy (non-hydrogen) atoms. The van der Waals surface area contributed by atoms with Crippen LogP contribution in [-0.2, 0) is 4.79 Å². The van der Waals surface area contributed by atoms with Gasteiger partial charge in [0.25, 0.3) is 5.91 Å². The lowest BCUT2D eigenvalue weighted by Crippen LogP contribution is -2.28. The van der Waals surface area contributed by atoms with E-state index in [0.29, 0.717) is 5.56 Å². The standard InChI is InChI=1S/C11H12N2O4/c1-7(14)10(15)13-12-6-8-2-4-9(5-3-8)11(16)17/h2-7,14H,1H3,(H,13,15)(H,16,17)/b12-6-/t7-/m1/s1. The molecule has 0 radical (unpaired) electrons. The maximum Gasteiger partial charge on any atom is 0.335 e. The molecule has 0 aromatic heterocycles. The number of carbonyl (C=O) groups excluding carboxylic acids is 1. The topological polar surface area (TPSA) is 99.0 Å². The van der Waals surface area contributed by atoms with Crippen molar-refractivity contribution in [3.8, 4) is 0 Å². The highest BCUT2D eigenvalue weighted by Crippen LogP contribution is 2.02. The minimum atomic E-state index is -1.12. The molecule has 3 N–H and O–H groups in total. The van der Waals surface area contributed by atoms with E-state index in [-0.39, 0.29) is 5.56 Å². The number of rotatable bonds is 4. The predicted molar refractivity (Wildman–Crippen MR) is 60.8 cm³/mol. The average Bonchev–Trinajstić information content (AvgIpc) is 2.29. The van der Waals surface area contributed by atoms with E-state index in [0.717, 1.165) is 0 Å². The zero-order valence-electron chi connectivity index (χ0n) is 9.12. The Morgan fingerprint density at radius 1 is 1.35 bits per heavy atom. The van der Waals surface area contributed by atoms with E-state index in [1.165, 1.54) is 25.3 Å². The molecule has 1 atom stereocenters. The summed E-state index contributed by atoms with van der Waals surface area (Å²) >= 11 is 0. The van der Waals surface area contributed by atoms with Crippen molar-refractivity contribution in [2.75, 3.05) is 0 Å². The number of amides is 1. The maximum absolute atomic E-state index is 10.9. The van der Waals surface area contributed by atoms with Crippen molar-refractivity contribution in [2.45, 2.75) is 13.0 Å². The van der Waals surface area contributed by atoms with E-state index in [1.54, 1.807) is 12.1 Å². The molecule has 0 heterocycles. The Hall–Kier alpha value is -2.21. The number of aliphatic hydroxyl groups excluding tert-OH is 1. The molecule has 0 bridgehead atoms. The molecule has 0 aliphatic carbocycles. The number of carboxylic acid groups (broad SMARTS) is 1. The van der Waals surface area contributed by atoms with Gasteiger partial charge in [0.15, 0.2) is 0 Å². The van der Waals surface area contributed by atoms with Crippen LogP contribution in [0.4, 0.5) is 0 Å². The van der Waals surface area contributed by atoms with E-state index in [4.69, 9.17) is 10.2 Å². The van der Waals surface area contributed by atoms with Crippen molar-refractivity contribution in [3.63, 3.8) is 0 Å². The number of carboxylic acids is 1. The minimum absolute atomic E-state index is 0.176. The summed E-state index contributed by atoms with van der Waals surface area (Å²) in [7, 11) is 0. The second-order valence-electron chi connectivity index (χ2n) is 3.34. The summed E-state index contributed by atoms with van der Waals surface area (Å²) in [6.45, 7) is 1.33. The van der Waals surface area contributed by atoms with Crippen LogP contribution in [0.25, 0.3) is 0 Å². The lowest BCUT2D eigenvalue weighted by molar-refractivity contribution is -0.128. The van der Waals surface area contributed by atoms with Gasteiger partial charge in [-0.15, -0.1) is 0 Å². The number of aliphatic hydroxyl groups is 1. The molecule has 0 aliphatic rings. The first-order valence-electron chi connectivity index (χ1n) is 4.85. The number of hydrazone groups is 1. The molecule has 1 aromatic rings. The second-order valence-corrected chi connectivity index (χ2v) is 3.34. The van der Waals surface area contributed by atoms with Crippen molar-refractivity contribution < 1.29 is 19.8 Å². The monoisotopic (exact) mass is 236 g/mol. The van der Waals surface area contributed by atoms with Gasteiger partial charge in [0.2, 0.25) is 0 Å². The van der Waals surface area contributed by atoms with Gasteiger partial charge < -0.3 is 10.2 Å². The highest BCUT2D eigenvalue weighted by Gasteiger charge is 2.05. The van der Waals surface area contributed by atoms with Crippen LogP contribution in [0.5, 0.6) is 0 Å². The van der Waals surface area contributed by atoms with Gasteiger partial charge in [-0.1, -0.05) is 12.1 Å². The van der Waals surface area contributed by atoms with E-state index in [1.807, 2.05) is 0 Å². The number of aromatic carboxylic acids is 1. The second kappa shape index (κ2) is 5.76. The number of hydrogen-bond acceptors (Lipinski definition) is 4. The summed E-state index contributed by atoms with van der Waals surface area (Å²) in [6.07, 6.45) is 0.230. The summed E-state index contributed by atoms with van der Waals surface area (Å²) in [5, 5.41) is 21.1. The van der Waals surface area contributed by atoms with Crippen LogP contribution in [0.15, 0.2) is 29.4 Å². The smallest absolute Gasteiger partial charge is 0.335 e. The fourth-order valence-corrected chi connectivity index (χ4v) is 0.976. The van der Waals surface area contributed by atoms with Gasteiger partial charge in [-0.25, -0.2) is 10.2 Å². The summed E-state index contributed by atoms with van der Waals surface area (Å²) in [6, 6.07) is 5.98. The Morgan fingerprint density at radius 2 is 1.94 bits per heavy atom. The van der Waals surface area contributed by atoms with E-state index in [2.05, 4.69) is 10.5 Å². The van der Waals surface area contributed by atoms with Gasteiger partial charge in [0.1, 0.15) is 6.10 Å². The number of carbonyl (C=O) groups is 2. The number of benzene rings is 1. The lowest BCUT2D eigenvalue weighted by atomic mass is 10.1. The van der Waals surface area contributed by atoms with Crippen LogP contribution in [0, 0.1) is 0 Å². The summed E-state index contributed by atoms with van der Waals surface area (Å²) in [5.74, 6) is -1.61. The molecule has 6 heteroatoms. The van der Waals surface area contributed by atoms with E-state index in [9.17, 15) is 9.59 Å². The van der Waals surface area contributed by atoms with Crippen LogP contribution in [0.3, 0.4) is 0 Å². The molecule has 0 aliphatic heterocycles. The molecular weight excluding hydrogens is 224 g/mol. The van der Waals surface area contributed by atoms with Gasteiger partial charge in [0, 0.05) is 0 Å². The Kier molecular flexibility index (Phi) is 4.36. The fraction of sp³-hybridized carbons (Fsp3) is 0.182. The van der Waals surface area contributed by atoms with Crippen molar-refractivity contribution in [2.24, 2.45) is 5.10 Å². The molecule has 90 valence electrons. The van der Waals surface area contributed by atoms with Crippen LogP contribution < -0.4 is 5.43 Å². The third kappa shape index (κ3) is 4.04. The van der Waals surface area contributed by atoms with Crippen molar-refractivity contribution in [1.82, 2.24) is 5.43 Å². The molecule has 1 aromatic carbocycles. The normalized spacial score (nSPS) is 12.4. The highest BCUT2D eigenvalue weighted by atomic mass is 16.4. The van der Waals surface area contributed by atoms with Crippen molar-refractivity contribution >= 4 is 18.1 Å². The molecule has 1 amide bonds. The number of hydrogen-bond donors (Lipinski definition) is 3. The van der Waals surface area contributed by atoms with Gasteiger partial charge in [-0.05, 0) is 24.6 Å². The third-order valence-corrected chi connectivity index (χ3v) is 1.93. The summed E-state index contributed by atoms with van der Waals surface area (Å²) < 4.78 is 0. The Balaban J connectivity index is 2.60. The molecule has 0 unspecified atom stereocenters. The predicted octanol–water partition coefficient (Wildman–Crippen LogP) is 0.216. The Morgan fingerprint density at radius 3 is 2.41 bits per heavy atom. The first kappa shape index (κ1) is 12.9. The van der Waals surface area contributed by atoms with Gasteiger partial charge in [-0.3, -0.25) is 4.79 Å². The number of nitrogens with zero attached hydrogens (tertiary/aromatic N) is 1. The minimum Gasteiger partial charge on any atom is -0.478 e. The van der Waals surface area contributed by atoms with Gasteiger partial charge in [0.05, 0.1) is 11.8 Å². The molecule has 0 fully saturated rings. The molecule has 6 nitrogen and oxygen atoms in total. The summed E-state index contributed by atoms with van der Waals surface area (Å²) in [4.78, 5) is 21.5. The molecule has 0 spiro atoms. The van der Waals surface area contributed by atoms with Crippen molar-refractivity contribution in [1.29, 1.82) is 0 Å².